The molecule has 0 fully saturated rings. The predicted octanol–water partition coefficient (Wildman–Crippen LogP) is 5.87. The quantitative estimate of drug-likeness (QED) is 0.303. The average molecular weight is 591 g/mol. The first kappa shape index (κ1) is 30.5. The molecular formula is C29H33Cl2N3O4S. The lowest BCUT2D eigenvalue weighted by molar-refractivity contribution is -0.140. The van der Waals surface area contributed by atoms with Crippen LogP contribution in [-0.4, -0.2) is 44.8 Å². The zero-order valence-corrected chi connectivity index (χ0v) is 24.7. The first-order valence-electron chi connectivity index (χ1n) is 12.6. The third-order valence-corrected chi connectivity index (χ3v) is 8.98. The Labute approximate surface area is 240 Å². The lowest BCUT2D eigenvalue weighted by Crippen LogP contribution is -2.51. The summed E-state index contributed by atoms with van der Waals surface area (Å²) in [5, 5.41) is 3.27. The SMILES string of the molecule is CCC(C(=O)NC)N(Cc1c(Cl)cccc1Cl)C(=O)CN(c1ccc(C(C)C)cc1)S(=O)(=O)c1ccccc1. The van der Waals surface area contributed by atoms with E-state index in [1.54, 1.807) is 55.5 Å². The second-order valence-electron chi connectivity index (χ2n) is 9.33. The minimum atomic E-state index is -4.13. The number of nitrogens with zero attached hydrogens (tertiary/aromatic N) is 2. The van der Waals surface area contributed by atoms with Crippen LogP contribution in [0.3, 0.4) is 0 Å². The fourth-order valence-electron chi connectivity index (χ4n) is 4.21. The number of sulfonamides is 1. The van der Waals surface area contributed by atoms with E-state index in [-0.39, 0.29) is 23.3 Å². The highest BCUT2D eigenvalue weighted by molar-refractivity contribution is 7.92. The van der Waals surface area contributed by atoms with Crippen LogP contribution in [0.15, 0.2) is 77.7 Å². The van der Waals surface area contributed by atoms with Crippen molar-refractivity contribution in [1.29, 1.82) is 0 Å². The van der Waals surface area contributed by atoms with E-state index in [1.807, 2.05) is 26.0 Å². The van der Waals surface area contributed by atoms with Crippen molar-refractivity contribution in [2.45, 2.75) is 50.6 Å². The molecule has 208 valence electrons. The van der Waals surface area contributed by atoms with Crippen molar-refractivity contribution in [2.75, 3.05) is 17.9 Å². The molecule has 0 aliphatic carbocycles. The minimum absolute atomic E-state index is 0.0461. The zero-order chi connectivity index (χ0) is 28.7. The number of benzene rings is 3. The minimum Gasteiger partial charge on any atom is -0.357 e. The molecule has 0 saturated carbocycles. The van der Waals surface area contributed by atoms with Gasteiger partial charge in [-0.3, -0.25) is 13.9 Å². The van der Waals surface area contributed by atoms with Gasteiger partial charge >= 0.3 is 0 Å². The lowest BCUT2D eigenvalue weighted by Gasteiger charge is -2.33. The Morgan fingerprint density at radius 3 is 2.00 bits per heavy atom. The monoisotopic (exact) mass is 589 g/mol. The fourth-order valence-corrected chi connectivity index (χ4v) is 6.17. The van der Waals surface area contributed by atoms with E-state index in [1.165, 1.54) is 24.1 Å². The highest BCUT2D eigenvalue weighted by atomic mass is 35.5. The number of likely N-dealkylation sites (N-methyl/N-ethyl adjacent to an activating group) is 1. The predicted molar refractivity (Wildman–Crippen MR) is 157 cm³/mol. The molecule has 0 aliphatic rings. The maximum Gasteiger partial charge on any atom is 0.264 e. The van der Waals surface area contributed by atoms with Gasteiger partial charge in [-0.25, -0.2) is 8.42 Å². The average Bonchev–Trinajstić information content (AvgIpc) is 2.93. The first-order valence-corrected chi connectivity index (χ1v) is 14.8. The smallest absolute Gasteiger partial charge is 0.264 e. The van der Waals surface area contributed by atoms with Crippen molar-refractivity contribution in [1.82, 2.24) is 10.2 Å². The molecule has 10 heteroatoms. The molecule has 3 rings (SSSR count). The first-order chi connectivity index (χ1) is 18.5. The van der Waals surface area contributed by atoms with Crippen LogP contribution < -0.4 is 9.62 Å². The molecule has 0 saturated heterocycles. The standard InChI is InChI=1S/C29H33Cl2N3O4S/c1-5-27(29(36)32-4)33(18-24-25(30)12-9-13-26(24)31)28(35)19-34(22-16-14-21(15-17-22)20(2)3)39(37,38)23-10-7-6-8-11-23/h6-17,20,27H,5,18-19H2,1-4H3,(H,32,36). The van der Waals surface area contributed by atoms with Gasteiger partial charge in [0.1, 0.15) is 12.6 Å². The van der Waals surface area contributed by atoms with Crippen molar-refractivity contribution in [2.24, 2.45) is 0 Å². The molecule has 7 nitrogen and oxygen atoms in total. The maximum atomic E-state index is 14.0. The number of amides is 2. The number of anilines is 1. The summed E-state index contributed by atoms with van der Waals surface area (Å²) in [6.45, 7) is 5.25. The molecule has 3 aromatic rings. The molecule has 1 unspecified atom stereocenters. The van der Waals surface area contributed by atoms with E-state index in [0.717, 1.165) is 9.87 Å². The van der Waals surface area contributed by atoms with Gasteiger partial charge < -0.3 is 10.2 Å². The summed E-state index contributed by atoms with van der Waals surface area (Å²) in [7, 11) is -2.65. The van der Waals surface area contributed by atoms with Crippen molar-refractivity contribution < 1.29 is 18.0 Å². The lowest BCUT2D eigenvalue weighted by atomic mass is 10.0. The second-order valence-corrected chi connectivity index (χ2v) is 12.0. The van der Waals surface area contributed by atoms with Gasteiger partial charge in [0.2, 0.25) is 11.8 Å². The molecule has 1 N–H and O–H groups in total. The van der Waals surface area contributed by atoms with Crippen LogP contribution in [0.1, 0.15) is 44.2 Å². The van der Waals surface area contributed by atoms with E-state index in [0.29, 0.717) is 27.7 Å². The Bertz CT molecular complexity index is 1380. The Balaban J connectivity index is 2.09. The van der Waals surface area contributed by atoms with E-state index >= 15 is 0 Å². The largest absolute Gasteiger partial charge is 0.357 e. The molecule has 2 amide bonds. The number of carbonyl (C=O) groups is 2. The van der Waals surface area contributed by atoms with Crippen LogP contribution in [0, 0.1) is 0 Å². The van der Waals surface area contributed by atoms with Crippen molar-refractivity contribution >= 4 is 50.7 Å². The Morgan fingerprint density at radius 2 is 1.49 bits per heavy atom. The van der Waals surface area contributed by atoms with Gasteiger partial charge in [0, 0.05) is 29.2 Å². The number of nitrogens with one attached hydrogen (secondary N) is 1. The molecular weight excluding hydrogens is 557 g/mol. The molecule has 3 aromatic carbocycles. The summed E-state index contributed by atoms with van der Waals surface area (Å²) in [5.41, 5.74) is 1.83. The molecule has 0 radical (unpaired) electrons. The van der Waals surface area contributed by atoms with Gasteiger partial charge in [-0.1, -0.05) is 80.4 Å². The highest BCUT2D eigenvalue weighted by Gasteiger charge is 2.34. The number of halogens is 2. The van der Waals surface area contributed by atoms with Crippen LogP contribution in [0.25, 0.3) is 0 Å². The number of rotatable bonds is 11. The Hall–Kier alpha value is -3.07. The van der Waals surface area contributed by atoms with Crippen molar-refractivity contribution in [3.63, 3.8) is 0 Å². The summed E-state index contributed by atoms with van der Waals surface area (Å²) in [5.74, 6) is -0.713. The second kappa shape index (κ2) is 13.3. The normalized spacial score (nSPS) is 12.2. The van der Waals surface area contributed by atoms with E-state index in [9.17, 15) is 18.0 Å². The van der Waals surface area contributed by atoms with Crippen LogP contribution in [0.5, 0.6) is 0 Å². The van der Waals surface area contributed by atoms with E-state index in [4.69, 9.17) is 23.2 Å². The topological polar surface area (TPSA) is 86.8 Å². The Kier molecular flexibility index (Phi) is 10.4. The summed E-state index contributed by atoms with van der Waals surface area (Å²) in [6.07, 6.45) is 0.294. The third kappa shape index (κ3) is 7.12. The molecule has 0 spiro atoms. The van der Waals surface area contributed by atoms with Gasteiger partial charge in [0.05, 0.1) is 10.6 Å². The van der Waals surface area contributed by atoms with E-state index in [2.05, 4.69) is 5.32 Å². The van der Waals surface area contributed by atoms with Gasteiger partial charge in [0.15, 0.2) is 0 Å². The summed E-state index contributed by atoms with van der Waals surface area (Å²) >= 11 is 12.8. The molecule has 1 atom stereocenters. The van der Waals surface area contributed by atoms with Crippen LogP contribution >= 0.6 is 23.2 Å². The zero-order valence-electron chi connectivity index (χ0n) is 22.4. The molecule has 0 aliphatic heterocycles. The number of hydrogen-bond acceptors (Lipinski definition) is 4. The third-order valence-electron chi connectivity index (χ3n) is 6.48. The van der Waals surface area contributed by atoms with Crippen molar-refractivity contribution in [3.8, 4) is 0 Å². The van der Waals surface area contributed by atoms with Crippen LogP contribution in [-0.2, 0) is 26.2 Å². The van der Waals surface area contributed by atoms with Gasteiger partial charge in [0.25, 0.3) is 10.0 Å². The highest BCUT2D eigenvalue weighted by Crippen LogP contribution is 2.29. The molecule has 39 heavy (non-hydrogen) atoms. The molecule has 0 bridgehead atoms. The number of carbonyl (C=O) groups excluding carboxylic acids is 2. The fraction of sp³-hybridized carbons (Fsp3) is 0.310. The molecule has 0 heterocycles. The van der Waals surface area contributed by atoms with Gasteiger partial charge in [-0.15, -0.1) is 0 Å². The molecule has 0 aromatic heterocycles. The van der Waals surface area contributed by atoms with Gasteiger partial charge in [-0.2, -0.15) is 0 Å². The summed E-state index contributed by atoms with van der Waals surface area (Å²) in [4.78, 5) is 28.2. The Morgan fingerprint density at radius 1 is 0.897 bits per heavy atom. The maximum absolute atomic E-state index is 14.0. The van der Waals surface area contributed by atoms with Gasteiger partial charge in [-0.05, 0) is 54.3 Å². The summed E-state index contributed by atoms with van der Waals surface area (Å²) in [6, 6.07) is 19.1. The van der Waals surface area contributed by atoms with E-state index < -0.39 is 28.5 Å². The van der Waals surface area contributed by atoms with Crippen LogP contribution in [0.2, 0.25) is 10.0 Å². The van der Waals surface area contributed by atoms with Crippen molar-refractivity contribution in [3.05, 3.63) is 94.0 Å². The summed E-state index contributed by atoms with van der Waals surface area (Å²) < 4.78 is 28.8. The number of hydrogen-bond donors (Lipinski definition) is 1. The van der Waals surface area contributed by atoms with Crippen LogP contribution in [0.4, 0.5) is 5.69 Å².